The van der Waals surface area contributed by atoms with E-state index in [0.717, 1.165) is 22.7 Å². The van der Waals surface area contributed by atoms with Crippen LogP contribution in [-0.4, -0.2) is 16.2 Å². The van der Waals surface area contributed by atoms with Crippen molar-refractivity contribution in [3.8, 4) is 11.3 Å². The zero-order valence-corrected chi connectivity index (χ0v) is 14.2. The van der Waals surface area contributed by atoms with Crippen LogP contribution in [0.2, 0.25) is 0 Å². The Kier molecular flexibility index (Phi) is 5.17. The molecule has 0 aliphatic rings. The molecule has 3 heteroatoms. The fourth-order valence-corrected chi connectivity index (χ4v) is 3.07. The minimum Gasteiger partial charge on any atom is -0.393 e. The summed E-state index contributed by atoms with van der Waals surface area (Å²) in [7, 11) is 0. The molecule has 114 valence electrons. The second-order valence-corrected chi connectivity index (χ2v) is 7.80. The van der Waals surface area contributed by atoms with E-state index in [2.05, 4.69) is 50.2 Å². The van der Waals surface area contributed by atoms with Crippen LogP contribution in [0.3, 0.4) is 0 Å². The van der Waals surface area contributed by atoms with Crippen molar-refractivity contribution in [1.29, 1.82) is 0 Å². The Labute approximate surface area is 131 Å². The first-order valence-corrected chi connectivity index (χ1v) is 8.42. The van der Waals surface area contributed by atoms with Gasteiger partial charge in [-0.05, 0) is 17.8 Å². The highest BCUT2D eigenvalue weighted by molar-refractivity contribution is 7.09. The van der Waals surface area contributed by atoms with Gasteiger partial charge < -0.3 is 5.11 Å². The van der Waals surface area contributed by atoms with Crippen molar-refractivity contribution in [2.45, 2.75) is 46.6 Å². The third-order valence-electron chi connectivity index (χ3n) is 4.14. The first kappa shape index (κ1) is 16.2. The highest BCUT2D eigenvalue weighted by Gasteiger charge is 2.23. The number of benzene rings is 1. The molecule has 2 atom stereocenters. The van der Waals surface area contributed by atoms with Gasteiger partial charge in [0.05, 0.1) is 16.8 Å². The Hall–Kier alpha value is -1.19. The van der Waals surface area contributed by atoms with Crippen LogP contribution in [0.1, 0.15) is 39.1 Å². The molecule has 1 aromatic heterocycles. The Morgan fingerprint density at radius 1 is 1.19 bits per heavy atom. The molecule has 2 unspecified atom stereocenters. The topological polar surface area (TPSA) is 33.1 Å². The number of thiazole rings is 1. The number of hydrogen-bond acceptors (Lipinski definition) is 3. The van der Waals surface area contributed by atoms with Gasteiger partial charge in [0, 0.05) is 17.4 Å². The molecule has 0 fully saturated rings. The van der Waals surface area contributed by atoms with Crippen molar-refractivity contribution in [2.75, 3.05) is 0 Å². The minimum atomic E-state index is -0.311. The molecule has 0 aliphatic carbocycles. The van der Waals surface area contributed by atoms with Crippen LogP contribution in [0, 0.1) is 11.3 Å². The van der Waals surface area contributed by atoms with E-state index >= 15 is 0 Å². The largest absolute Gasteiger partial charge is 0.393 e. The fourth-order valence-electron chi connectivity index (χ4n) is 2.19. The lowest BCUT2D eigenvalue weighted by atomic mass is 9.78. The van der Waals surface area contributed by atoms with E-state index in [1.165, 1.54) is 0 Å². The van der Waals surface area contributed by atoms with Gasteiger partial charge >= 0.3 is 0 Å². The van der Waals surface area contributed by atoms with Crippen molar-refractivity contribution in [2.24, 2.45) is 11.3 Å². The van der Waals surface area contributed by atoms with Gasteiger partial charge in [0.1, 0.15) is 0 Å². The molecule has 0 saturated carbocycles. The second-order valence-electron chi connectivity index (χ2n) is 6.85. The number of aromatic nitrogens is 1. The molecule has 0 spiro atoms. The van der Waals surface area contributed by atoms with E-state index in [1.54, 1.807) is 11.3 Å². The average molecular weight is 303 g/mol. The van der Waals surface area contributed by atoms with Crippen molar-refractivity contribution in [3.05, 3.63) is 40.7 Å². The average Bonchev–Trinajstić information content (AvgIpc) is 2.87. The van der Waals surface area contributed by atoms with Crippen molar-refractivity contribution in [1.82, 2.24) is 4.98 Å². The maximum absolute atomic E-state index is 10.3. The summed E-state index contributed by atoms with van der Waals surface area (Å²) in [6.45, 7) is 8.88. The standard InChI is InChI=1S/C18H25NOS/c1-13(18(2,3)4)10-15(20)11-17-19-16(12-21-17)14-8-6-5-7-9-14/h5-9,12-13,15,20H,10-11H2,1-4H3. The Morgan fingerprint density at radius 3 is 2.48 bits per heavy atom. The molecular weight excluding hydrogens is 278 g/mol. The van der Waals surface area contributed by atoms with Gasteiger partial charge in [-0.15, -0.1) is 11.3 Å². The number of aliphatic hydroxyl groups is 1. The van der Waals surface area contributed by atoms with Crippen LogP contribution in [0.4, 0.5) is 0 Å². The van der Waals surface area contributed by atoms with E-state index in [1.807, 2.05) is 18.2 Å². The summed E-state index contributed by atoms with van der Waals surface area (Å²) in [5.74, 6) is 0.487. The monoisotopic (exact) mass is 303 g/mol. The van der Waals surface area contributed by atoms with Crippen LogP contribution >= 0.6 is 11.3 Å². The van der Waals surface area contributed by atoms with Crippen LogP contribution in [0.5, 0.6) is 0 Å². The van der Waals surface area contributed by atoms with E-state index in [9.17, 15) is 5.11 Å². The van der Waals surface area contributed by atoms with Crippen LogP contribution in [0.25, 0.3) is 11.3 Å². The third-order valence-corrected chi connectivity index (χ3v) is 5.01. The molecule has 0 saturated heterocycles. The molecule has 2 nitrogen and oxygen atoms in total. The molecule has 0 radical (unpaired) electrons. The van der Waals surface area contributed by atoms with Gasteiger partial charge in [-0.25, -0.2) is 4.98 Å². The predicted molar refractivity (Wildman–Crippen MR) is 90.5 cm³/mol. The molecule has 0 aliphatic heterocycles. The molecule has 0 bridgehead atoms. The van der Waals surface area contributed by atoms with E-state index in [-0.39, 0.29) is 11.5 Å². The second kappa shape index (κ2) is 6.71. The molecule has 21 heavy (non-hydrogen) atoms. The first-order valence-electron chi connectivity index (χ1n) is 7.54. The molecule has 1 N–H and O–H groups in total. The van der Waals surface area contributed by atoms with E-state index in [0.29, 0.717) is 12.3 Å². The van der Waals surface area contributed by atoms with Gasteiger partial charge in [0.25, 0.3) is 0 Å². The molecule has 2 rings (SSSR count). The lowest BCUT2D eigenvalue weighted by Gasteiger charge is -2.28. The highest BCUT2D eigenvalue weighted by Crippen LogP contribution is 2.30. The Balaban J connectivity index is 1.97. The number of rotatable bonds is 5. The SMILES string of the molecule is CC(CC(O)Cc1nc(-c2ccccc2)cs1)C(C)(C)C. The third kappa shape index (κ3) is 4.65. The van der Waals surface area contributed by atoms with Crippen LogP contribution < -0.4 is 0 Å². The summed E-state index contributed by atoms with van der Waals surface area (Å²) in [5, 5.41) is 13.4. The molecule has 2 aromatic rings. The maximum atomic E-state index is 10.3. The molecule has 1 aromatic carbocycles. The smallest absolute Gasteiger partial charge is 0.0958 e. The number of hydrogen-bond donors (Lipinski definition) is 1. The van der Waals surface area contributed by atoms with E-state index in [4.69, 9.17) is 0 Å². The molecule has 0 amide bonds. The highest BCUT2D eigenvalue weighted by atomic mass is 32.1. The Morgan fingerprint density at radius 2 is 1.86 bits per heavy atom. The van der Waals surface area contributed by atoms with Crippen molar-refractivity contribution in [3.63, 3.8) is 0 Å². The van der Waals surface area contributed by atoms with Gasteiger partial charge in [-0.3, -0.25) is 0 Å². The fraction of sp³-hybridized carbons (Fsp3) is 0.500. The lowest BCUT2D eigenvalue weighted by molar-refractivity contribution is 0.110. The summed E-state index contributed by atoms with van der Waals surface area (Å²) in [6, 6.07) is 10.2. The number of nitrogens with zero attached hydrogens (tertiary/aromatic N) is 1. The molecule has 1 heterocycles. The zero-order valence-electron chi connectivity index (χ0n) is 13.3. The minimum absolute atomic E-state index is 0.235. The Bertz CT molecular complexity index is 556. The quantitative estimate of drug-likeness (QED) is 0.862. The van der Waals surface area contributed by atoms with Crippen LogP contribution in [-0.2, 0) is 6.42 Å². The van der Waals surface area contributed by atoms with Gasteiger partial charge in [0.15, 0.2) is 0 Å². The van der Waals surface area contributed by atoms with Crippen molar-refractivity contribution >= 4 is 11.3 Å². The van der Waals surface area contributed by atoms with Gasteiger partial charge in [-0.2, -0.15) is 0 Å². The summed E-state index contributed by atoms with van der Waals surface area (Å²) in [5.41, 5.74) is 2.38. The maximum Gasteiger partial charge on any atom is 0.0958 e. The van der Waals surface area contributed by atoms with E-state index < -0.39 is 0 Å². The number of aliphatic hydroxyl groups excluding tert-OH is 1. The summed E-state index contributed by atoms with van der Waals surface area (Å²) >= 11 is 1.64. The summed E-state index contributed by atoms with van der Waals surface area (Å²) in [6.07, 6.45) is 1.16. The van der Waals surface area contributed by atoms with Gasteiger partial charge in [0.2, 0.25) is 0 Å². The summed E-state index contributed by atoms with van der Waals surface area (Å²) in [4.78, 5) is 4.65. The first-order chi connectivity index (χ1) is 9.86. The zero-order chi connectivity index (χ0) is 15.5. The predicted octanol–water partition coefficient (Wildman–Crippen LogP) is 4.79. The summed E-state index contributed by atoms with van der Waals surface area (Å²) < 4.78 is 0. The van der Waals surface area contributed by atoms with Gasteiger partial charge in [-0.1, -0.05) is 58.0 Å². The van der Waals surface area contributed by atoms with Crippen LogP contribution in [0.15, 0.2) is 35.7 Å². The normalized spacial score (nSPS) is 14.9. The lowest BCUT2D eigenvalue weighted by Crippen LogP contribution is -2.24. The molecular formula is C18H25NOS. The van der Waals surface area contributed by atoms with Crippen molar-refractivity contribution < 1.29 is 5.11 Å².